The molecule has 3 nitrogen and oxygen atoms in total. The largest absolute Gasteiger partial charge is 1.00 e. The second-order valence-corrected chi connectivity index (χ2v) is 2.28. The van der Waals surface area contributed by atoms with E-state index in [1.54, 1.807) is 6.92 Å². The summed E-state index contributed by atoms with van der Waals surface area (Å²) in [7, 11) is 0. The van der Waals surface area contributed by atoms with Gasteiger partial charge in [0.05, 0.1) is 13.2 Å². The average Bonchev–Trinajstić information content (AvgIpc) is 1.90. The Bertz CT molecular complexity index is 88.7. The summed E-state index contributed by atoms with van der Waals surface area (Å²) < 4.78 is 5.10. The summed E-state index contributed by atoms with van der Waals surface area (Å²) in [6, 6.07) is 0. The van der Waals surface area contributed by atoms with Gasteiger partial charge in [0.1, 0.15) is 6.23 Å². The summed E-state index contributed by atoms with van der Waals surface area (Å²) in [6.07, 6.45) is -0.311. The first-order valence-electron chi connectivity index (χ1n) is 3.30. The van der Waals surface area contributed by atoms with Crippen LogP contribution in [0.15, 0.2) is 0 Å². The van der Waals surface area contributed by atoms with Gasteiger partial charge in [-0.3, -0.25) is 4.90 Å². The van der Waals surface area contributed by atoms with Crippen molar-refractivity contribution in [3.05, 3.63) is 0 Å². The maximum atomic E-state index is 9.05. The molecule has 1 aliphatic heterocycles. The number of hydrogen-bond donors (Lipinski definition) is 1. The van der Waals surface area contributed by atoms with E-state index in [2.05, 4.69) is 0 Å². The van der Waals surface area contributed by atoms with Crippen molar-refractivity contribution in [2.24, 2.45) is 0 Å². The second-order valence-electron chi connectivity index (χ2n) is 2.28. The van der Waals surface area contributed by atoms with Crippen molar-refractivity contribution in [1.29, 1.82) is 0 Å². The summed E-state index contributed by atoms with van der Waals surface area (Å²) in [5, 5.41) is 9.05. The molecule has 0 amide bonds. The molecule has 1 N–H and O–H groups in total. The fraction of sp³-hybridized carbons (Fsp3) is 1.00. The SMILES string of the molecule is CC(O)N1CCOCC1.[H-].[Na+]. The summed E-state index contributed by atoms with van der Waals surface area (Å²) in [5.74, 6) is 0. The van der Waals surface area contributed by atoms with E-state index in [9.17, 15) is 0 Å². The third-order valence-electron chi connectivity index (χ3n) is 1.57. The van der Waals surface area contributed by atoms with Gasteiger partial charge in [0, 0.05) is 13.1 Å². The van der Waals surface area contributed by atoms with Gasteiger partial charge in [-0.1, -0.05) is 0 Å². The Morgan fingerprint density at radius 1 is 1.50 bits per heavy atom. The molecule has 1 rings (SSSR count). The van der Waals surface area contributed by atoms with E-state index in [-0.39, 0.29) is 37.2 Å². The molecule has 0 aromatic rings. The molecule has 0 aromatic heterocycles. The normalized spacial score (nSPS) is 23.4. The Labute approximate surface area is 85.1 Å². The Morgan fingerprint density at radius 3 is 2.30 bits per heavy atom. The van der Waals surface area contributed by atoms with Crippen molar-refractivity contribution in [2.75, 3.05) is 26.3 Å². The molecule has 10 heavy (non-hydrogen) atoms. The minimum Gasteiger partial charge on any atom is -1.00 e. The van der Waals surface area contributed by atoms with E-state index in [0.29, 0.717) is 0 Å². The van der Waals surface area contributed by atoms with Crippen LogP contribution in [-0.4, -0.2) is 42.5 Å². The quantitative estimate of drug-likeness (QED) is 0.404. The molecule has 0 radical (unpaired) electrons. The predicted molar refractivity (Wildman–Crippen MR) is 35.2 cm³/mol. The number of rotatable bonds is 1. The van der Waals surface area contributed by atoms with Gasteiger partial charge in [0.2, 0.25) is 0 Å². The van der Waals surface area contributed by atoms with E-state index in [0.717, 1.165) is 26.3 Å². The molecule has 1 fully saturated rings. The molecule has 0 saturated carbocycles. The van der Waals surface area contributed by atoms with Gasteiger partial charge >= 0.3 is 29.6 Å². The third kappa shape index (κ3) is 3.32. The summed E-state index contributed by atoms with van der Waals surface area (Å²) in [6.45, 7) is 5.01. The van der Waals surface area contributed by atoms with Crippen LogP contribution in [0.1, 0.15) is 8.35 Å². The topological polar surface area (TPSA) is 32.7 Å². The molecule has 1 heterocycles. The molecule has 1 unspecified atom stereocenters. The Hall–Kier alpha value is 0.880. The molecule has 0 bridgehead atoms. The van der Waals surface area contributed by atoms with Crippen molar-refractivity contribution in [2.45, 2.75) is 13.2 Å². The molecular weight excluding hydrogens is 141 g/mol. The smallest absolute Gasteiger partial charge is 1.00 e. The van der Waals surface area contributed by atoms with Crippen LogP contribution in [0.5, 0.6) is 0 Å². The Morgan fingerprint density at radius 2 is 2.00 bits per heavy atom. The number of nitrogens with zero attached hydrogens (tertiary/aromatic N) is 1. The molecule has 56 valence electrons. The van der Waals surface area contributed by atoms with Crippen molar-refractivity contribution < 1.29 is 40.8 Å². The van der Waals surface area contributed by atoms with Gasteiger partial charge in [-0.15, -0.1) is 0 Å². The number of morpholine rings is 1. The zero-order valence-electron chi connectivity index (χ0n) is 7.71. The summed E-state index contributed by atoms with van der Waals surface area (Å²) in [5.41, 5.74) is 0. The minimum absolute atomic E-state index is 0. The first-order chi connectivity index (χ1) is 4.30. The van der Waals surface area contributed by atoms with Crippen molar-refractivity contribution in [3.8, 4) is 0 Å². The first-order valence-corrected chi connectivity index (χ1v) is 3.30. The van der Waals surface area contributed by atoms with E-state index in [1.807, 2.05) is 4.90 Å². The van der Waals surface area contributed by atoms with Gasteiger partial charge < -0.3 is 11.3 Å². The van der Waals surface area contributed by atoms with E-state index in [1.165, 1.54) is 0 Å². The van der Waals surface area contributed by atoms with Gasteiger partial charge in [-0.25, -0.2) is 0 Å². The zero-order valence-corrected chi connectivity index (χ0v) is 8.71. The average molecular weight is 155 g/mol. The number of aliphatic hydroxyl groups excluding tert-OH is 1. The van der Waals surface area contributed by atoms with Crippen LogP contribution in [0.25, 0.3) is 0 Å². The van der Waals surface area contributed by atoms with Crippen LogP contribution in [0.2, 0.25) is 0 Å². The standard InChI is InChI=1S/C6H13NO2.Na.H/c1-6(8)7-2-4-9-5-3-7;;/h6,8H,2-5H2,1H3;;/q;+1;-1. The fourth-order valence-electron chi connectivity index (χ4n) is 0.951. The molecule has 0 spiro atoms. The number of aliphatic hydroxyl groups is 1. The maximum absolute atomic E-state index is 9.05. The van der Waals surface area contributed by atoms with E-state index >= 15 is 0 Å². The Balaban J connectivity index is 0. The van der Waals surface area contributed by atoms with Gasteiger partial charge in [-0.05, 0) is 6.92 Å². The van der Waals surface area contributed by atoms with Crippen LogP contribution in [0.3, 0.4) is 0 Å². The van der Waals surface area contributed by atoms with Crippen molar-refractivity contribution in [3.63, 3.8) is 0 Å². The van der Waals surface area contributed by atoms with Gasteiger partial charge in [0.15, 0.2) is 0 Å². The molecule has 0 aliphatic carbocycles. The van der Waals surface area contributed by atoms with Crippen molar-refractivity contribution >= 4 is 0 Å². The van der Waals surface area contributed by atoms with Gasteiger partial charge in [-0.2, -0.15) is 0 Å². The summed E-state index contributed by atoms with van der Waals surface area (Å²) in [4.78, 5) is 1.99. The zero-order chi connectivity index (χ0) is 6.69. The van der Waals surface area contributed by atoms with Crippen LogP contribution in [0, 0.1) is 0 Å². The molecule has 4 heteroatoms. The number of ether oxygens (including phenoxy) is 1. The molecule has 0 aromatic carbocycles. The first kappa shape index (κ1) is 10.9. The third-order valence-corrected chi connectivity index (χ3v) is 1.57. The Kier molecular flexibility index (Phi) is 6.01. The molecule has 1 aliphatic rings. The summed E-state index contributed by atoms with van der Waals surface area (Å²) >= 11 is 0. The monoisotopic (exact) mass is 155 g/mol. The molecule has 1 atom stereocenters. The molecular formula is C6H14NNaO2. The van der Waals surface area contributed by atoms with Gasteiger partial charge in [0.25, 0.3) is 0 Å². The van der Waals surface area contributed by atoms with Crippen LogP contribution in [0.4, 0.5) is 0 Å². The predicted octanol–water partition coefficient (Wildman–Crippen LogP) is -3.23. The second kappa shape index (κ2) is 5.52. The van der Waals surface area contributed by atoms with Crippen molar-refractivity contribution in [1.82, 2.24) is 4.90 Å². The number of hydrogen-bond acceptors (Lipinski definition) is 3. The van der Waals surface area contributed by atoms with Crippen LogP contribution < -0.4 is 29.6 Å². The van der Waals surface area contributed by atoms with E-state index in [4.69, 9.17) is 9.84 Å². The van der Waals surface area contributed by atoms with Crippen LogP contribution in [-0.2, 0) is 4.74 Å². The maximum Gasteiger partial charge on any atom is 1.00 e. The van der Waals surface area contributed by atoms with E-state index < -0.39 is 0 Å². The van der Waals surface area contributed by atoms with Crippen LogP contribution >= 0.6 is 0 Å². The molecule has 1 saturated heterocycles. The fourth-order valence-corrected chi connectivity index (χ4v) is 0.951. The minimum atomic E-state index is -0.311.